The summed E-state index contributed by atoms with van der Waals surface area (Å²) in [4.78, 5) is 10.2. The summed E-state index contributed by atoms with van der Waals surface area (Å²) in [5, 5.41) is 13.9. The summed E-state index contributed by atoms with van der Waals surface area (Å²) in [5.41, 5.74) is -0.284. The monoisotopic (exact) mass is 254 g/mol. The number of ether oxygens (including phenoxy) is 1. The number of benzene rings is 1. The van der Waals surface area contributed by atoms with Gasteiger partial charge in [-0.2, -0.15) is 4.39 Å². The van der Waals surface area contributed by atoms with Crippen molar-refractivity contribution in [2.75, 3.05) is 12.4 Å². The number of rotatable bonds is 4. The molecule has 1 fully saturated rings. The van der Waals surface area contributed by atoms with E-state index in [0.29, 0.717) is 0 Å². The minimum absolute atomic E-state index is 0.00417. The van der Waals surface area contributed by atoms with Gasteiger partial charge in [-0.3, -0.25) is 10.1 Å². The van der Waals surface area contributed by atoms with Crippen molar-refractivity contribution in [3.8, 4) is 0 Å². The molecule has 2 atom stereocenters. The molecule has 1 aliphatic carbocycles. The van der Waals surface area contributed by atoms with Crippen molar-refractivity contribution in [3.63, 3.8) is 0 Å². The Morgan fingerprint density at radius 1 is 1.50 bits per heavy atom. The second-order valence-corrected chi connectivity index (χ2v) is 4.35. The second kappa shape index (κ2) is 5.30. The minimum atomic E-state index is -0.822. The number of hydrogen-bond acceptors (Lipinski definition) is 4. The predicted molar refractivity (Wildman–Crippen MR) is 65.1 cm³/mol. The summed E-state index contributed by atoms with van der Waals surface area (Å²) >= 11 is 0. The van der Waals surface area contributed by atoms with E-state index in [2.05, 4.69) is 5.32 Å². The van der Waals surface area contributed by atoms with Gasteiger partial charge in [0.25, 0.3) is 0 Å². The molecule has 0 heterocycles. The van der Waals surface area contributed by atoms with Gasteiger partial charge >= 0.3 is 5.69 Å². The molecule has 98 valence electrons. The quantitative estimate of drug-likeness (QED) is 0.662. The Hall–Kier alpha value is -1.69. The summed E-state index contributed by atoms with van der Waals surface area (Å²) < 4.78 is 18.7. The van der Waals surface area contributed by atoms with Crippen molar-refractivity contribution in [1.82, 2.24) is 0 Å². The van der Waals surface area contributed by atoms with E-state index >= 15 is 0 Å². The molecule has 1 saturated carbocycles. The van der Waals surface area contributed by atoms with Crippen LogP contribution in [0.4, 0.5) is 15.8 Å². The molecule has 2 unspecified atom stereocenters. The van der Waals surface area contributed by atoms with E-state index in [-0.39, 0.29) is 17.8 Å². The van der Waals surface area contributed by atoms with Crippen molar-refractivity contribution in [2.24, 2.45) is 0 Å². The van der Waals surface area contributed by atoms with Crippen LogP contribution in [0.5, 0.6) is 0 Å². The molecule has 18 heavy (non-hydrogen) atoms. The summed E-state index contributed by atoms with van der Waals surface area (Å²) in [5.74, 6) is -0.822. The first-order valence-corrected chi connectivity index (χ1v) is 5.85. The van der Waals surface area contributed by atoms with Crippen LogP contribution in [0.3, 0.4) is 0 Å². The van der Waals surface area contributed by atoms with Gasteiger partial charge in [-0.15, -0.1) is 0 Å². The molecular weight excluding hydrogens is 239 g/mol. The van der Waals surface area contributed by atoms with Crippen molar-refractivity contribution >= 4 is 11.4 Å². The average Bonchev–Trinajstić information content (AvgIpc) is 2.76. The lowest BCUT2D eigenvalue weighted by Gasteiger charge is -2.20. The molecule has 0 aromatic heterocycles. The maximum atomic E-state index is 13.4. The van der Waals surface area contributed by atoms with Gasteiger partial charge in [-0.1, -0.05) is 6.07 Å². The number of para-hydroxylation sites is 1. The number of nitrogens with one attached hydrogen (secondary N) is 1. The molecule has 2 rings (SSSR count). The van der Waals surface area contributed by atoms with E-state index in [0.717, 1.165) is 25.3 Å². The van der Waals surface area contributed by atoms with Crippen LogP contribution in [-0.2, 0) is 4.74 Å². The van der Waals surface area contributed by atoms with Crippen LogP contribution in [0, 0.1) is 15.9 Å². The second-order valence-electron chi connectivity index (χ2n) is 4.35. The highest BCUT2D eigenvalue weighted by Crippen LogP contribution is 2.31. The van der Waals surface area contributed by atoms with Crippen LogP contribution in [0.1, 0.15) is 19.3 Å². The fourth-order valence-corrected chi connectivity index (χ4v) is 2.39. The van der Waals surface area contributed by atoms with Gasteiger partial charge in [-0.05, 0) is 31.4 Å². The van der Waals surface area contributed by atoms with Crippen LogP contribution in [0.15, 0.2) is 18.2 Å². The summed E-state index contributed by atoms with van der Waals surface area (Å²) in [6.07, 6.45) is 2.80. The van der Waals surface area contributed by atoms with E-state index in [9.17, 15) is 14.5 Å². The molecule has 0 saturated heterocycles. The maximum absolute atomic E-state index is 13.4. The topological polar surface area (TPSA) is 64.4 Å². The minimum Gasteiger partial charge on any atom is -0.379 e. The highest BCUT2D eigenvalue weighted by atomic mass is 19.1. The molecule has 1 aromatic carbocycles. The molecular formula is C12H15FN2O3. The molecule has 0 spiro atoms. The van der Waals surface area contributed by atoms with Crippen molar-refractivity contribution in [3.05, 3.63) is 34.1 Å². The van der Waals surface area contributed by atoms with E-state index in [1.807, 2.05) is 0 Å². The zero-order chi connectivity index (χ0) is 13.1. The summed E-state index contributed by atoms with van der Waals surface area (Å²) in [7, 11) is 1.62. The lowest BCUT2D eigenvalue weighted by Crippen LogP contribution is -2.30. The summed E-state index contributed by atoms with van der Waals surface area (Å²) in [6, 6.07) is 4.06. The normalized spacial score (nSPS) is 23.0. The SMILES string of the molecule is COC1CCCC1Nc1cccc(F)c1[N+](=O)[O-]. The van der Waals surface area contributed by atoms with Gasteiger partial charge < -0.3 is 10.1 Å². The highest BCUT2D eigenvalue weighted by molar-refractivity contribution is 5.62. The molecule has 0 amide bonds. The predicted octanol–water partition coefficient (Wildman–Crippen LogP) is 2.71. The van der Waals surface area contributed by atoms with Gasteiger partial charge in [0.1, 0.15) is 5.69 Å². The maximum Gasteiger partial charge on any atom is 0.327 e. The third-order valence-electron chi connectivity index (χ3n) is 3.27. The Balaban J connectivity index is 2.23. The fraction of sp³-hybridized carbons (Fsp3) is 0.500. The summed E-state index contributed by atoms with van der Waals surface area (Å²) in [6.45, 7) is 0. The van der Waals surface area contributed by atoms with Gasteiger partial charge in [-0.25, -0.2) is 0 Å². The van der Waals surface area contributed by atoms with E-state index < -0.39 is 16.4 Å². The number of nitrogens with zero attached hydrogens (tertiary/aromatic N) is 1. The lowest BCUT2D eigenvalue weighted by atomic mass is 10.2. The molecule has 6 heteroatoms. The fourth-order valence-electron chi connectivity index (χ4n) is 2.39. The first-order chi connectivity index (χ1) is 8.63. The van der Waals surface area contributed by atoms with Gasteiger partial charge in [0.05, 0.1) is 17.1 Å². The molecule has 0 radical (unpaired) electrons. The van der Waals surface area contributed by atoms with Crippen molar-refractivity contribution in [2.45, 2.75) is 31.4 Å². The van der Waals surface area contributed by atoms with Crippen molar-refractivity contribution in [1.29, 1.82) is 0 Å². The number of halogens is 1. The Bertz CT molecular complexity index is 453. The number of methoxy groups -OCH3 is 1. The molecule has 1 aromatic rings. The lowest BCUT2D eigenvalue weighted by molar-refractivity contribution is -0.386. The number of nitro benzene ring substituents is 1. The molecule has 5 nitrogen and oxygen atoms in total. The number of nitro groups is 1. The first kappa shape index (κ1) is 12.8. The van der Waals surface area contributed by atoms with Gasteiger partial charge in [0.15, 0.2) is 0 Å². The Labute approximate surface area is 104 Å². The van der Waals surface area contributed by atoms with E-state index in [1.165, 1.54) is 12.1 Å². The van der Waals surface area contributed by atoms with Crippen LogP contribution < -0.4 is 5.32 Å². The van der Waals surface area contributed by atoms with Gasteiger partial charge in [0.2, 0.25) is 5.82 Å². The van der Waals surface area contributed by atoms with Crippen molar-refractivity contribution < 1.29 is 14.1 Å². The highest BCUT2D eigenvalue weighted by Gasteiger charge is 2.29. The van der Waals surface area contributed by atoms with Crippen LogP contribution >= 0.6 is 0 Å². The first-order valence-electron chi connectivity index (χ1n) is 5.85. The molecule has 1 aliphatic rings. The Morgan fingerprint density at radius 3 is 2.94 bits per heavy atom. The van der Waals surface area contributed by atoms with Gasteiger partial charge in [0, 0.05) is 7.11 Å². The zero-order valence-electron chi connectivity index (χ0n) is 10.1. The standard InChI is InChI=1S/C12H15FN2O3/c1-18-11-7-3-5-9(11)14-10-6-2-4-8(13)12(10)15(16)17/h2,4,6,9,11,14H,3,5,7H2,1H3. The smallest absolute Gasteiger partial charge is 0.327 e. The third kappa shape index (κ3) is 2.43. The Kier molecular flexibility index (Phi) is 3.76. The average molecular weight is 254 g/mol. The molecule has 1 N–H and O–H groups in total. The van der Waals surface area contributed by atoms with Crippen LogP contribution in [0.2, 0.25) is 0 Å². The van der Waals surface area contributed by atoms with Crippen LogP contribution in [-0.4, -0.2) is 24.2 Å². The largest absolute Gasteiger partial charge is 0.379 e. The van der Waals surface area contributed by atoms with E-state index in [1.54, 1.807) is 7.11 Å². The Morgan fingerprint density at radius 2 is 2.28 bits per heavy atom. The zero-order valence-corrected chi connectivity index (χ0v) is 10.1. The van der Waals surface area contributed by atoms with E-state index in [4.69, 9.17) is 4.74 Å². The van der Waals surface area contributed by atoms with Crippen LogP contribution in [0.25, 0.3) is 0 Å². The number of anilines is 1. The number of hydrogen-bond donors (Lipinski definition) is 1. The molecule has 0 bridgehead atoms. The molecule has 0 aliphatic heterocycles. The third-order valence-corrected chi connectivity index (χ3v) is 3.27.